The van der Waals surface area contributed by atoms with Crippen LogP contribution in [-0.4, -0.2) is 6.54 Å². The first kappa shape index (κ1) is 9.71. The van der Waals surface area contributed by atoms with E-state index in [1.165, 1.54) is 47.2 Å². The van der Waals surface area contributed by atoms with Gasteiger partial charge in [-0.15, -0.1) is 0 Å². The molecule has 1 aliphatic carbocycles. The summed E-state index contributed by atoms with van der Waals surface area (Å²) in [6.07, 6.45) is 8.35. The summed E-state index contributed by atoms with van der Waals surface area (Å²) < 4.78 is 0. The largest absolute Gasteiger partial charge is 0.381 e. The zero-order chi connectivity index (χ0) is 11.0. The van der Waals surface area contributed by atoms with Gasteiger partial charge in [0.2, 0.25) is 0 Å². The molecule has 1 heterocycles. The summed E-state index contributed by atoms with van der Waals surface area (Å²) in [6.45, 7) is 3.20. The van der Waals surface area contributed by atoms with Gasteiger partial charge in [0, 0.05) is 17.8 Å². The second-order valence-electron chi connectivity index (χ2n) is 4.67. The molecule has 3 rings (SSSR count). The van der Waals surface area contributed by atoms with Crippen LogP contribution in [0.15, 0.2) is 36.0 Å². The van der Waals surface area contributed by atoms with Gasteiger partial charge < -0.3 is 5.32 Å². The molecule has 1 aliphatic heterocycles. The van der Waals surface area contributed by atoms with E-state index in [1.807, 2.05) is 0 Å². The van der Waals surface area contributed by atoms with Crippen LogP contribution in [0.2, 0.25) is 0 Å². The van der Waals surface area contributed by atoms with Crippen molar-refractivity contribution in [2.45, 2.75) is 26.2 Å². The predicted octanol–water partition coefficient (Wildman–Crippen LogP) is 3.20. The van der Waals surface area contributed by atoms with Gasteiger partial charge in [0.1, 0.15) is 0 Å². The molecule has 0 bridgehead atoms. The molecule has 0 saturated carbocycles. The van der Waals surface area contributed by atoms with Crippen molar-refractivity contribution < 1.29 is 0 Å². The molecular formula is C15H17N. The van der Waals surface area contributed by atoms with Crippen LogP contribution in [0.1, 0.15) is 29.5 Å². The van der Waals surface area contributed by atoms with Gasteiger partial charge >= 0.3 is 0 Å². The lowest BCUT2D eigenvalue weighted by Gasteiger charge is -2.22. The van der Waals surface area contributed by atoms with Gasteiger partial charge in [-0.2, -0.15) is 0 Å². The van der Waals surface area contributed by atoms with Crippen molar-refractivity contribution in [3.8, 4) is 0 Å². The molecule has 0 spiro atoms. The number of fused-ring (bicyclic) bond motifs is 1. The Morgan fingerprint density at radius 2 is 2.06 bits per heavy atom. The first-order chi connectivity index (χ1) is 7.84. The summed E-state index contributed by atoms with van der Waals surface area (Å²) in [4.78, 5) is 0. The minimum Gasteiger partial charge on any atom is -0.381 e. The Bertz CT molecular complexity index is 480. The summed E-state index contributed by atoms with van der Waals surface area (Å²) in [5.41, 5.74) is 7.06. The Kier molecular flexibility index (Phi) is 2.32. The van der Waals surface area contributed by atoms with Crippen molar-refractivity contribution in [1.82, 2.24) is 5.32 Å². The summed E-state index contributed by atoms with van der Waals surface area (Å²) >= 11 is 0. The SMILES string of the molecule is Cc1ccc2c(c1)CCCC=C2C1=CCN1. The third-order valence-electron chi connectivity index (χ3n) is 3.44. The first-order valence-electron chi connectivity index (χ1n) is 6.09. The number of benzene rings is 1. The highest BCUT2D eigenvalue weighted by atomic mass is 14.9. The average Bonchev–Trinajstić information content (AvgIpc) is 2.38. The van der Waals surface area contributed by atoms with E-state index in [9.17, 15) is 0 Å². The van der Waals surface area contributed by atoms with E-state index in [4.69, 9.17) is 0 Å². The van der Waals surface area contributed by atoms with Crippen LogP contribution in [-0.2, 0) is 6.42 Å². The third-order valence-corrected chi connectivity index (χ3v) is 3.44. The van der Waals surface area contributed by atoms with E-state index in [-0.39, 0.29) is 0 Å². The normalized spacial score (nSPS) is 18.6. The van der Waals surface area contributed by atoms with Gasteiger partial charge in [0.25, 0.3) is 0 Å². The maximum atomic E-state index is 3.39. The second-order valence-corrected chi connectivity index (χ2v) is 4.67. The molecule has 82 valence electrons. The first-order valence-corrected chi connectivity index (χ1v) is 6.09. The van der Waals surface area contributed by atoms with Gasteiger partial charge in [-0.3, -0.25) is 0 Å². The highest BCUT2D eigenvalue weighted by Gasteiger charge is 2.17. The molecule has 16 heavy (non-hydrogen) atoms. The molecule has 0 radical (unpaired) electrons. The summed E-state index contributed by atoms with van der Waals surface area (Å²) in [6, 6.07) is 6.84. The molecule has 0 fully saturated rings. The Hall–Kier alpha value is -1.50. The van der Waals surface area contributed by atoms with E-state index in [1.54, 1.807) is 0 Å². The molecule has 0 unspecified atom stereocenters. The van der Waals surface area contributed by atoms with Crippen LogP contribution in [0.5, 0.6) is 0 Å². The Labute approximate surface area is 96.9 Å². The minimum absolute atomic E-state index is 1.02. The molecular weight excluding hydrogens is 194 g/mol. The average molecular weight is 211 g/mol. The van der Waals surface area contributed by atoms with Crippen molar-refractivity contribution in [3.05, 3.63) is 52.7 Å². The Balaban J connectivity index is 2.10. The quantitative estimate of drug-likeness (QED) is 0.752. The maximum absolute atomic E-state index is 3.39. The van der Waals surface area contributed by atoms with Crippen molar-refractivity contribution >= 4 is 5.57 Å². The van der Waals surface area contributed by atoms with Crippen LogP contribution in [0.3, 0.4) is 0 Å². The maximum Gasteiger partial charge on any atom is 0.0396 e. The summed E-state index contributed by atoms with van der Waals surface area (Å²) in [5, 5.41) is 3.39. The van der Waals surface area contributed by atoms with Crippen molar-refractivity contribution in [1.29, 1.82) is 0 Å². The molecule has 1 N–H and O–H groups in total. The highest BCUT2D eigenvalue weighted by Crippen LogP contribution is 2.31. The molecule has 1 nitrogen and oxygen atoms in total. The summed E-state index contributed by atoms with van der Waals surface area (Å²) in [7, 11) is 0. The topological polar surface area (TPSA) is 12.0 Å². The highest BCUT2D eigenvalue weighted by molar-refractivity contribution is 5.82. The number of nitrogens with one attached hydrogen (secondary N) is 1. The molecule has 1 aromatic carbocycles. The number of aryl methyl sites for hydroxylation is 2. The lowest BCUT2D eigenvalue weighted by atomic mass is 9.94. The molecule has 0 saturated heterocycles. The van der Waals surface area contributed by atoms with E-state index < -0.39 is 0 Å². The molecule has 1 heteroatoms. The number of rotatable bonds is 1. The van der Waals surface area contributed by atoms with Gasteiger partial charge in [0.05, 0.1) is 0 Å². The fourth-order valence-corrected chi connectivity index (χ4v) is 2.51. The molecule has 0 amide bonds. The smallest absolute Gasteiger partial charge is 0.0396 e. The van der Waals surface area contributed by atoms with Gasteiger partial charge in [-0.25, -0.2) is 0 Å². The number of hydrogen-bond acceptors (Lipinski definition) is 1. The number of hydrogen-bond donors (Lipinski definition) is 1. The van der Waals surface area contributed by atoms with E-state index in [0.717, 1.165) is 6.54 Å². The summed E-state index contributed by atoms with van der Waals surface area (Å²) in [5.74, 6) is 0. The standard InChI is InChI=1S/C15H17N/c1-11-6-7-13-12(10-11)4-2-3-5-14(13)15-8-9-16-15/h5-8,10,16H,2-4,9H2,1H3. The molecule has 2 aliphatic rings. The zero-order valence-corrected chi connectivity index (χ0v) is 9.72. The van der Waals surface area contributed by atoms with Crippen LogP contribution >= 0.6 is 0 Å². The van der Waals surface area contributed by atoms with Gasteiger partial charge in [-0.1, -0.05) is 29.8 Å². The Morgan fingerprint density at radius 3 is 2.81 bits per heavy atom. The second kappa shape index (κ2) is 3.82. The van der Waals surface area contributed by atoms with E-state index >= 15 is 0 Å². The number of allylic oxidation sites excluding steroid dienone is 2. The van der Waals surface area contributed by atoms with Crippen LogP contribution in [0.25, 0.3) is 5.57 Å². The fraction of sp³-hybridized carbons (Fsp3) is 0.333. The van der Waals surface area contributed by atoms with Crippen LogP contribution in [0.4, 0.5) is 0 Å². The van der Waals surface area contributed by atoms with Crippen molar-refractivity contribution in [2.75, 3.05) is 6.54 Å². The predicted molar refractivity (Wildman–Crippen MR) is 68.2 cm³/mol. The van der Waals surface area contributed by atoms with Crippen LogP contribution < -0.4 is 5.32 Å². The lowest BCUT2D eigenvalue weighted by Crippen LogP contribution is -2.24. The van der Waals surface area contributed by atoms with Gasteiger partial charge in [-0.05, 0) is 43.4 Å². The van der Waals surface area contributed by atoms with Crippen molar-refractivity contribution in [2.24, 2.45) is 0 Å². The fourth-order valence-electron chi connectivity index (χ4n) is 2.51. The van der Waals surface area contributed by atoms with Gasteiger partial charge in [0.15, 0.2) is 0 Å². The third kappa shape index (κ3) is 1.57. The molecule has 0 atom stereocenters. The van der Waals surface area contributed by atoms with Crippen molar-refractivity contribution in [3.63, 3.8) is 0 Å². The van der Waals surface area contributed by atoms with Crippen LogP contribution in [0, 0.1) is 6.92 Å². The monoisotopic (exact) mass is 211 g/mol. The molecule has 1 aromatic rings. The lowest BCUT2D eigenvalue weighted by molar-refractivity contribution is 0.845. The van der Waals surface area contributed by atoms with E-state index in [0.29, 0.717) is 0 Å². The minimum atomic E-state index is 1.02. The Morgan fingerprint density at radius 1 is 1.19 bits per heavy atom. The van der Waals surface area contributed by atoms with E-state index in [2.05, 4.69) is 42.6 Å². The zero-order valence-electron chi connectivity index (χ0n) is 9.72. The molecule has 0 aromatic heterocycles.